The minimum absolute atomic E-state index is 0. The fraction of sp³-hybridized carbons (Fsp3) is 0.381. The lowest BCUT2D eigenvalue weighted by atomic mass is 9.84. The molecule has 0 aromatic heterocycles. The molecule has 0 spiro atoms. The van der Waals surface area contributed by atoms with Gasteiger partial charge in [-0.3, -0.25) is 4.99 Å². The first kappa shape index (κ1) is 26.6. The molecule has 166 valence electrons. The molecule has 0 heterocycles. The molecule has 5 nitrogen and oxygen atoms in total. The summed E-state index contributed by atoms with van der Waals surface area (Å²) in [5, 5.41) is 6.90. The highest BCUT2D eigenvalue weighted by molar-refractivity contribution is 14.0. The van der Waals surface area contributed by atoms with Crippen LogP contribution in [-0.2, 0) is 27.5 Å². The highest BCUT2D eigenvalue weighted by Crippen LogP contribution is 2.29. The van der Waals surface area contributed by atoms with Crippen LogP contribution in [0.3, 0.4) is 0 Å². The SMILES string of the molecule is CN=C(NCc1ccc(CS(C)(=O)=O)cc1)NCC(C)(C)c1ccc(F)cc1Cl.I. The molecular weight excluding hydrogens is 540 g/mol. The number of halogens is 3. The number of hydrogen-bond donors (Lipinski definition) is 2. The highest BCUT2D eigenvalue weighted by Gasteiger charge is 2.24. The summed E-state index contributed by atoms with van der Waals surface area (Å²) in [6.45, 7) is 5.13. The zero-order chi connectivity index (χ0) is 21.7. The second-order valence-corrected chi connectivity index (χ2v) is 10.2. The minimum Gasteiger partial charge on any atom is -0.356 e. The number of aliphatic imine (C=N–C) groups is 1. The van der Waals surface area contributed by atoms with E-state index in [0.29, 0.717) is 24.1 Å². The van der Waals surface area contributed by atoms with Crippen molar-refractivity contribution in [3.8, 4) is 0 Å². The van der Waals surface area contributed by atoms with Crippen molar-refractivity contribution in [3.05, 3.63) is 70.0 Å². The maximum atomic E-state index is 13.3. The largest absolute Gasteiger partial charge is 0.356 e. The zero-order valence-corrected chi connectivity index (χ0v) is 21.4. The van der Waals surface area contributed by atoms with Crippen LogP contribution >= 0.6 is 35.6 Å². The molecule has 2 aromatic rings. The summed E-state index contributed by atoms with van der Waals surface area (Å²) in [6, 6.07) is 11.8. The van der Waals surface area contributed by atoms with Gasteiger partial charge in [-0.1, -0.05) is 55.8 Å². The zero-order valence-electron chi connectivity index (χ0n) is 17.5. The van der Waals surface area contributed by atoms with Gasteiger partial charge in [0.15, 0.2) is 15.8 Å². The average molecular weight is 568 g/mol. The van der Waals surface area contributed by atoms with E-state index >= 15 is 0 Å². The van der Waals surface area contributed by atoms with E-state index in [1.807, 2.05) is 38.1 Å². The third-order valence-electron chi connectivity index (χ3n) is 4.49. The van der Waals surface area contributed by atoms with E-state index in [1.54, 1.807) is 13.1 Å². The summed E-state index contributed by atoms with van der Waals surface area (Å²) in [4.78, 5) is 4.22. The van der Waals surface area contributed by atoms with Gasteiger partial charge in [0.2, 0.25) is 0 Å². The van der Waals surface area contributed by atoms with Crippen molar-refractivity contribution in [2.75, 3.05) is 19.8 Å². The molecule has 2 rings (SSSR count). The molecule has 2 N–H and O–H groups in total. The van der Waals surface area contributed by atoms with E-state index in [9.17, 15) is 12.8 Å². The van der Waals surface area contributed by atoms with Gasteiger partial charge in [0.05, 0.1) is 5.75 Å². The molecule has 2 aromatic carbocycles. The third-order valence-corrected chi connectivity index (χ3v) is 5.66. The van der Waals surface area contributed by atoms with Crippen LogP contribution in [0.25, 0.3) is 0 Å². The molecule has 0 atom stereocenters. The molecule has 0 saturated heterocycles. The fourth-order valence-electron chi connectivity index (χ4n) is 2.90. The third kappa shape index (κ3) is 8.39. The molecule has 0 unspecified atom stereocenters. The Kier molecular flexibility index (Phi) is 10.0. The lowest BCUT2D eigenvalue weighted by Crippen LogP contribution is -2.43. The monoisotopic (exact) mass is 567 g/mol. The minimum atomic E-state index is -3.04. The van der Waals surface area contributed by atoms with E-state index in [0.717, 1.165) is 16.7 Å². The summed E-state index contributed by atoms with van der Waals surface area (Å²) < 4.78 is 36.1. The summed E-state index contributed by atoms with van der Waals surface area (Å²) in [6.07, 6.45) is 1.22. The standard InChI is InChI=1S/C21H27ClFN3O2S.HI/c1-21(2,18-10-9-17(23)11-19(18)22)14-26-20(24-3)25-12-15-5-7-16(8-6-15)13-29(4,27)28;/h5-11H,12-14H2,1-4H3,(H2,24,25,26);1H. The van der Waals surface area contributed by atoms with Crippen molar-refractivity contribution >= 4 is 51.4 Å². The van der Waals surface area contributed by atoms with E-state index < -0.39 is 9.84 Å². The second kappa shape index (κ2) is 11.3. The van der Waals surface area contributed by atoms with Crippen LogP contribution in [0.1, 0.15) is 30.5 Å². The normalized spacial score (nSPS) is 12.3. The van der Waals surface area contributed by atoms with E-state index in [1.165, 1.54) is 18.4 Å². The fourth-order valence-corrected chi connectivity index (χ4v) is 4.12. The predicted octanol–water partition coefficient (Wildman–Crippen LogP) is 4.28. The van der Waals surface area contributed by atoms with Gasteiger partial charge < -0.3 is 10.6 Å². The van der Waals surface area contributed by atoms with Gasteiger partial charge in [-0.05, 0) is 28.8 Å². The van der Waals surface area contributed by atoms with Crippen LogP contribution in [0, 0.1) is 5.82 Å². The van der Waals surface area contributed by atoms with Crippen molar-refractivity contribution in [2.24, 2.45) is 4.99 Å². The number of rotatable bonds is 7. The molecule has 0 aliphatic carbocycles. The quantitative estimate of drug-likeness (QED) is 0.298. The first-order chi connectivity index (χ1) is 13.5. The van der Waals surface area contributed by atoms with Crippen molar-refractivity contribution in [2.45, 2.75) is 31.6 Å². The number of benzene rings is 2. The Labute approximate surface area is 200 Å². The van der Waals surface area contributed by atoms with Crippen molar-refractivity contribution in [1.29, 1.82) is 0 Å². The topological polar surface area (TPSA) is 70.6 Å². The predicted molar refractivity (Wildman–Crippen MR) is 133 cm³/mol. The van der Waals surface area contributed by atoms with Gasteiger partial charge in [-0.2, -0.15) is 0 Å². The van der Waals surface area contributed by atoms with Gasteiger partial charge >= 0.3 is 0 Å². The molecule has 0 amide bonds. The first-order valence-electron chi connectivity index (χ1n) is 9.16. The van der Waals surface area contributed by atoms with Crippen molar-refractivity contribution in [1.82, 2.24) is 10.6 Å². The molecule has 9 heteroatoms. The molecule has 0 aliphatic heterocycles. The lowest BCUT2D eigenvalue weighted by molar-refractivity contribution is 0.507. The van der Waals surface area contributed by atoms with Crippen LogP contribution in [0.5, 0.6) is 0 Å². The van der Waals surface area contributed by atoms with E-state index in [-0.39, 0.29) is 41.0 Å². The Hall–Kier alpha value is -1.39. The highest BCUT2D eigenvalue weighted by atomic mass is 127. The maximum absolute atomic E-state index is 13.3. The molecule has 0 bridgehead atoms. The van der Waals surface area contributed by atoms with Crippen LogP contribution in [0.4, 0.5) is 4.39 Å². The summed E-state index contributed by atoms with van der Waals surface area (Å²) in [7, 11) is -1.36. The summed E-state index contributed by atoms with van der Waals surface area (Å²) >= 11 is 6.21. The van der Waals surface area contributed by atoms with Gasteiger partial charge in [0.25, 0.3) is 0 Å². The van der Waals surface area contributed by atoms with Crippen LogP contribution in [0.2, 0.25) is 5.02 Å². The average Bonchev–Trinajstić information content (AvgIpc) is 2.61. The maximum Gasteiger partial charge on any atom is 0.191 e. The Morgan fingerprint density at radius 2 is 1.70 bits per heavy atom. The van der Waals surface area contributed by atoms with Crippen LogP contribution in [0.15, 0.2) is 47.5 Å². The Bertz CT molecular complexity index is 980. The summed E-state index contributed by atoms with van der Waals surface area (Å²) in [5.41, 5.74) is 2.28. The number of sulfone groups is 1. The molecule has 0 saturated carbocycles. The van der Waals surface area contributed by atoms with Gasteiger partial charge in [-0.25, -0.2) is 12.8 Å². The van der Waals surface area contributed by atoms with Crippen LogP contribution in [-0.4, -0.2) is 34.2 Å². The molecule has 30 heavy (non-hydrogen) atoms. The van der Waals surface area contributed by atoms with Crippen molar-refractivity contribution < 1.29 is 12.8 Å². The van der Waals surface area contributed by atoms with Gasteiger partial charge in [0.1, 0.15) is 5.82 Å². The number of hydrogen-bond acceptors (Lipinski definition) is 3. The number of nitrogens with one attached hydrogen (secondary N) is 2. The molecule has 0 aliphatic rings. The molecule has 0 fully saturated rings. The molecule has 0 radical (unpaired) electrons. The Balaban J connectivity index is 0.00000450. The Morgan fingerprint density at radius 3 is 2.23 bits per heavy atom. The van der Waals surface area contributed by atoms with Crippen molar-refractivity contribution in [3.63, 3.8) is 0 Å². The van der Waals surface area contributed by atoms with Crippen LogP contribution < -0.4 is 10.6 Å². The second-order valence-electron chi connectivity index (χ2n) is 7.67. The lowest BCUT2D eigenvalue weighted by Gasteiger charge is -2.27. The summed E-state index contributed by atoms with van der Waals surface area (Å²) in [5.74, 6) is 0.296. The number of guanidine groups is 1. The molecular formula is C21H28ClFIN3O2S. The van der Waals surface area contributed by atoms with Gasteiger partial charge in [-0.15, -0.1) is 24.0 Å². The van der Waals surface area contributed by atoms with E-state index in [2.05, 4.69) is 15.6 Å². The number of nitrogens with zero attached hydrogens (tertiary/aromatic N) is 1. The van der Waals surface area contributed by atoms with E-state index in [4.69, 9.17) is 11.6 Å². The van der Waals surface area contributed by atoms with Gasteiger partial charge in [0, 0.05) is 36.8 Å². The smallest absolute Gasteiger partial charge is 0.191 e. The first-order valence-corrected chi connectivity index (χ1v) is 11.6. The Morgan fingerprint density at radius 1 is 1.10 bits per heavy atom.